The first kappa shape index (κ1) is 59.0. The van der Waals surface area contributed by atoms with Crippen molar-refractivity contribution < 1.29 is 32.9 Å². The van der Waals surface area contributed by atoms with Crippen molar-refractivity contribution in [2.75, 3.05) is 40.9 Å². The van der Waals surface area contributed by atoms with E-state index in [0.717, 1.165) is 38.5 Å². The third kappa shape index (κ3) is 45.0. The Balaban J connectivity index is 3.98. The molecule has 0 aromatic heterocycles. The molecule has 0 aromatic carbocycles. The fourth-order valence-corrected chi connectivity index (χ4v) is 8.30. The van der Waals surface area contributed by atoms with Gasteiger partial charge in [0.2, 0.25) is 5.91 Å². The van der Waals surface area contributed by atoms with E-state index in [4.69, 9.17) is 9.05 Å². The van der Waals surface area contributed by atoms with Gasteiger partial charge in [-0.05, 0) is 32.1 Å². The Hall–Kier alpha value is -1.02. The molecule has 1 amide bonds. The Bertz CT molecular complexity index is 1030. The average Bonchev–Trinajstić information content (AvgIpc) is 3.20. The lowest BCUT2D eigenvalue weighted by atomic mass is 10.0. The summed E-state index contributed by atoms with van der Waals surface area (Å²) in [4.78, 5) is 25.3. The van der Waals surface area contributed by atoms with Crippen LogP contribution in [-0.2, 0) is 18.4 Å². The number of unbranched alkanes of at least 4 members (excludes halogenated alkanes) is 32. The van der Waals surface area contributed by atoms with E-state index in [2.05, 4.69) is 31.3 Å². The van der Waals surface area contributed by atoms with Gasteiger partial charge in [0, 0.05) is 6.42 Å². The molecule has 0 bridgehead atoms. The standard InChI is InChI=1S/C51H101N2O6P/c1-6-8-10-12-14-16-17-18-19-20-21-22-23-24-25-26-27-28-29-30-31-32-33-34-35-37-39-41-43-45-51(55)52-49(48-59-60(56,57)58-47-46-53(3,4)5)50(54)44-42-40-38-36-15-13-11-9-7-2/h15,36,42,44,49-50,54H,6-14,16-35,37-41,43,45-48H2,1-5H3,(H-,52,55,56,57)/b36-15+,44-42+. The van der Waals surface area contributed by atoms with E-state index in [-0.39, 0.29) is 19.1 Å². The number of carbonyl (C=O) groups is 1. The van der Waals surface area contributed by atoms with E-state index in [1.165, 1.54) is 186 Å². The number of rotatable bonds is 47. The summed E-state index contributed by atoms with van der Waals surface area (Å²) in [7, 11) is 1.25. The quantitative estimate of drug-likeness (QED) is 0.0273. The number of carbonyl (C=O) groups excluding carboxylic acids is 1. The number of allylic oxidation sites excluding steroid dienone is 3. The number of hydrogen-bond donors (Lipinski definition) is 2. The van der Waals surface area contributed by atoms with Gasteiger partial charge in [-0.3, -0.25) is 9.36 Å². The first-order valence-corrected chi connectivity index (χ1v) is 27.2. The summed E-state index contributed by atoms with van der Waals surface area (Å²) in [5, 5.41) is 13.7. The van der Waals surface area contributed by atoms with Crippen molar-refractivity contribution in [3.8, 4) is 0 Å². The van der Waals surface area contributed by atoms with Crippen LogP contribution < -0.4 is 10.2 Å². The molecule has 2 N–H and O–H groups in total. The number of aliphatic hydroxyl groups is 1. The molecule has 9 heteroatoms. The van der Waals surface area contributed by atoms with Crippen molar-refractivity contribution >= 4 is 13.7 Å². The van der Waals surface area contributed by atoms with Crippen LogP contribution in [0.1, 0.15) is 245 Å². The molecule has 0 aliphatic heterocycles. The van der Waals surface area contributed by atoms with Crippen LogP contribution in [0.15, 0.2) is 24.3 Å². The second kappa shape index (κ2) is 43.2. The van der Waals surface area contributed by atoms with Crippen molar-refractivity contribution in [1.29, 1.82) is 0 Å². The highest BCUT2D eigenvalue weighted by Crippen LogP contribution is 2.38. The fraction of sp³-hybridized carbons (Fsp3) is 0.902. The lowest BCUT2D eigenvalue weighted by Gasteiger charge is -2.29. The molecule has 0 heterocycles. The minimum atomic E-state index is -4.59. The molecule has 8 nitrogen and oxygen atoms in total. The number of aliphatic hydroxyl groups excluding tert-OH is 1. The second-order valence-corrected chi connectivity index (χ2v) is 20.3. The molecule has 3 atom stereocenters. The molecule has 0 spiro atoms. The van der Waals surface area contributed by atoms with Gasteiger partial charge in [0.15, 0.2) is 0 Å². The molecule has 356 valence electrons. The van der Waals surface area contributed by atoms with Gasteiger partial charge in [-0.15, -0.1) is 0 Å². The van der Waals surface area contributed by atoms with Crippen LogP contribution in [0.5, 0.6) is 0 Å². The van der Waals surface area contributed by atoms with Gasteiger partial charge in [-0.2, -0.15) is 0 Å². The predicted octanol–water partition coefficient (Wildman–Crippen LogP) is 14.2. The smallest absolute Gasteiger partial charge is 0.268 e. The minimum absolute atomic E-state index is 0.00457. The summed E-state index contributed by atoms with van der Waals surface area (Å²) in [6, 6.07) is -0.897. The van der Waals surface area contributed by atoms with E-state index in [0.29, 0.717) is 17.4 Å². The minimum Gasteiger partial charge on any atom is -0.756 e. The van der Waals surface area contributed by atoms with Gasteiger partial charge in [0.25, 0.3) is 7.82 Å². The van der Waals surface area contributed by atoms with E-state index < -0.39 is 20.0 Å². The Morgan fingerprint density at radius 3 is 1.35 bits per heavy atom. The van der Waals surface area contributed by atoms with Crippen molar-refractivity contribution in [1.82, 2.24) is 5.32 Å². The lowest BCUT2D eigenvalue weighted by Crippen LogP contribution is -2.45. The Morgan fingerprint density at radius 2 is 0.933 bits per heavy atom. The summed E-state index contributed by atoms with van der Waals surface area (Å²) in [6.45, 7) is 4.59. The molecule has 0 radical (unpaired) electrons. The number of hydrogen-bond acceptors (Lipinski definition) is 6. The van der Waals surface area contributed by atoms with Crippen LogP contribution in [0.4, 0.5) is 0 Å². The molecule has 0 saturated carbocycles. The van der Waals surface area contributed by atoms with E-state index in [1.54, 1.807) is 6.08 Å². The number of phosphoric ester groups is 1. The third-order valence-electron chi connectivity index (χ3n) is 11.7. The zero-order chi connectivity index (χ0) is 44.3. The SMILES string of the molecule is CCCCC/C=C/CC/C=C/C(O)C(COP(=O)([O-])OCC[N+](C)(C)C)NC(=O)CCCCCCCCCCCCCCCCCCCCCCCCCCCCCCC. The van der Waals surface area contributed by atoms with E-state index in [9.17, 15) is 19.4 Å². The summed E-state index contributed by atoms with van der Waals surface area (Å²) < 4.78 is 23.1. The zero-order valence-corrected chi connectivity index (χ0v) is 41.3. The summed E-state index contributed by atoms with van der Waals surface area (Å²) >= 11 is 0. The molecule has 60 heavy (non-hydrogen) atoms. The van der Waals surface area contributed by atoms with Crippen LogP contribution in [0, 0.1) is 0 Å². The summed E-state index contributed by atoms with van der Waals surface area (Å²) in [5.74, 6) is -0.206. The van der Waals surface area contributed by atoms with Gasteiger partial charge < -0.3 is 28.8 Å². The maximum absolute atomic E-state index is 12.8. The third-order valence-corrected chi connectivity index (χ3v) is 12.6. The normalized spacial score (nSPS) is 14.3. The van der Waals surface area contributed by atoms with Gasteiger partial charge in [-0.1, -0.05) is 231 Å². The molecule has 0 rings (SSSR count). The van der Waals surface area contributed by atoms with Crippen molar-refractivity contribution in [3.05, 3.63) is 24.3 Å². The van der Waals surface area contributed by atoms with Crippen LogP contribution >= 0.6 is 7.82 Å². The second-order valence-electron chi connectivity index (χ2n) is 18.9. The highest BCUT2D eigenvalue weighted by atomic mass is 31.2. The predicted molar refractivity (Wildman–Crippen MR) is 256 cm³/mol. The number of quaternary nitrogens is 1. The Labute approximate surface area is 373 Å². The first-order valence-electron chi connectivity index (χ1n) is 25.7. The molecule has 0 aliphatic rings. The van der Waals surface area contributed by atoms with Crippen LogP contribution in [0.25, 0.3) is 0 Å². The topological polar surface area (TPSA) is 108 Å². The highest BCUT2D eigenvalue weighted by molar-refractivity contribution is 7.45. The van der Waals surface area contributed by atoms with Crippen LogP contribution in [-0.4, -0.2) is 68.5 Å². The van der Waals surface area contributed by atoms with Crippen molar-refractivity contribution in [2.24, 2.45) is 0 Å². The van der Waals surface area contributed by atoms with E-state index >= 15 is 0 Å². The fourth-order valence-electron chi connectivity index (χ4n) is 7.58. The van der Waals surface area contributed by atoms with Gasteiger partial charge in [0.05, 0.1) is 39.9 Å². The number of nitrogens with zero attached hydrogens (tertiary/aromatic N) is 1. The monoisotopic (exact) mass is 869 g/mol. The summed E-state index contributed by atoms with van der Waals surface area (Å²) in [5.41, 5.74) is 0. The number of likely N-dealkylation sites (N-methyl/N-ethyl adjacent to an activating group) is 1. The van der Waals surface area contributed by atoms with Crippen molar-refractivity contribution in [2.45, 2.75) is 257 Å². The van der Waals surface area contributed by atoms with Gasteiger partial charge >= 0.3 is 0 Å². The highest BCUT2D eigenvalue weighted by Gasteiger charge is 2.23. The van der Waals surface area contributed by atoms with Crippen LogP contribution in [0.2, 0.25) is 0 Å². The zero-order valence-electron chi connectivity index (χ0n) is 40.4. The molecule has 0 fully saturated rings. The number of nitrogens with one attached hydrogen (secondary N) is 1. The van der Waals surface area contributed by atoms with Crippen LogP contribution in [0.3, 0.4) is 0 Å². The number of amides is 1. The molecule has 0 aliphatic carbocycles. The number of phosphoric acid groups is 1. The lowest BCUT2D eigenvalue weighted by molar-refractivity contribution is -0.870. The first-order chi connectivity index (χ1) is 29.0. The average molecular weight is 869 g/mol. The van der Waals surface area contributed by atoms with Crippen molar-refractivity contribution in [3.63, 3.8) is 0 Å². The largest absolute Gasteiger partial charge is 0.756 e. The Morgan fingerprint density at radius 1 is 0.567 bits per heavy atom. The van der Waals surface area contributed by atoms with Gasteiger partial charge in [0.1, 0.15) is 13.2 Å². The molecule has 0 saturated heterocycles. The molecular weight excluding hydrogens is 768 g/mol. The molecular formula is C51H101N2O6P. The maximum Gasteiger partial charge on any atom is 0.268 e. The molecule has 0 aromatic rings. The summed E-state index contributed by atoms with van der Waals surface area (Å²) in [6.07, 6.45) is 52.8. The van der Waals surface area contributed by atoms with Gasteiger partial charge in [-0.25, -0.2) is 0 Å². The molecule has 3 unspecified atom stereocenters. The van der Waals surface area contributed by atoms with E-state index in [1.807, 2.05) is 27.2 Å². The maximum atomic E-state index is 12.8. The Kier molecular flexibility index (Phi) is 42.5.